The van der Waals surface area contributed by atoms with Gasteiger partial charge in [0.25, 0.3) is 0 Å². The fourth-order valence-corrected chi connectivity index (χ4v) is 3.21. The van der Waals surface area contributed by atoms with Gasteiger partial charge in [0.05, 0.1) is 20.3 Å². The van der Waals surface area contributed by atoms with E-state index < -0.39 is 5.54 Å². The summed E-state index contributed by atoms with van der Waals surface area (Å²) in [5.41, 5.74) is 0.627. The highest BCUT2D eigenvalue weighted by Crippen LogP contribution is 2.27. The summed E-state index contributed by atoms with van der Waals surface area (Å²) in [6, 6.07) is 5.41. The van der Waals surface area contributed by atoms with E-state index in [0.717, 1.165) is 5.56 Å². The number of ether oxygens (including phenoxy) is 2. The molecule has 2 rings (SSSR count). The van der Waals surface area contributed by atoms with Gasteiger partial charge in [-0.15, -0.1) is 0 Å². The van der Waals surface area contributed by atoms with Crippen molar-refractivity contribution < 1.29 is 23.9 Å². The Morgan fingerprint density at radius 3 is 2.43 bits per heavy atom. The molecule has 0 atom stereocenters. The van der Waals surface area contributed by atoms with Crippen LogP contribution in [0.4, 0.5) is 10.5 Å². The van der Waals surface area contributed by atoms with Crippen LogP contribution in [0, 0.1) is 6.92 Å². The number of rotatable bonds is 7. The summed E-state index contributed by atoms with van der Waals surface area (Å²) in [4.78, 5) is 38.2. The van der Waals surface area contributed by atoms with Gasteiger partial charge in [0.1, 0.15) is 17.1 Å². The lowest BCUT2D eigenvalue weighted by molar-refractivity contribution is -0.125. The molecule has 8 nitrogen and oxygen atoms in total. The number of methoxy groups -OCH3 is 1. The van der Waals surface area contributed by atoms with Crippen molar-refractivity contribution in [3.05, 3.63) is 23.8 Å². The molecule has 8 heteroatoms. The molecule has 1 aromatic rings. The standard InChI is InChI=1S/C20H29N3O5/c1-5-28-19(26)23-10-8-20(9-11-23,21-13-15(3)24)18(25)22-17-7-6-16(27-4)12-14(17)2/h6-7,12,21H,5,8-11,13H2,1-4H3,(H,22,25). The maximum absolute atomic E-state index is 13.2. The van der Waals surface area contributed by atoms with E-state index in [0.29, 0.717) is 44.0 Å². The number of amides is 2. The molecule has 0 unspecified atom stereocenters. The topological polar surface area (TPSA) is 97.0 Å². The number of hydrogen-bond donors (Lipinski definition) is 2. The molecular formula is C20H29N3O5. The Morgan fingerprint density at radius 1 is 1.21 bits per heavy atom. The number of anilines is 1. The second-order valence-corrected chi connectivity index (χ2v) is 6.96. The van der Waals surface area contributed by atoms with Crippen molar-refractivity contribution in [3.8, 4) is 5.75 Å². The summed E-state index contributed by atoms with van der Waals surface area (Å²) in [5, 5.41) is 6.09. The largest absolute Gasteiger partial charge is 0.497 e. The van der Waals surface area contributed by atoms with E-state index in [4.69, 9.17) is 9.47 Å². The molecular weight excluding hydrogens is 362 g/mol. The molecule has 2 amide bonds. The lowest BCUT2D eigenvalue weighted by Gasteiger charge is -2.40. The van der Waals surface area contributed by atoms with Crippen LogP contribution < -0.4 is 15.4 Å². The van der Waals surface area contributed by atoms with Crippen LogP contribution in [-0.4, -0.2) is 61.6 Å². The van der Waals surface area contributed by atoms with Crippen LogP contribution in [0.2, 0.25) is 0 Å². The number of carbonyl (C=O) groups is 3. The maximum atomic E-state index is 13.2. The first kappa shape index (κ1) is 21.7. The number of nitrogens with zero attached hydrogens (tertiary/aromatic N) is 1. The van der Waals surface area contributed by atoms with Crippen LogP contribution in [-0.2, 0) is 14.3 Å². The first-order valence-electron chi connectivity index (χ1n) is 9.43. The molecule has 1 aliphatic heterocycles. The average molecular weight is 391 g/mol. The summed E-state index contributed by atoms with van der Waals surface area (Å²) in [7, 11) is 1.59. The van der Waals surface area contributed by atoms with Crippen molar-refractivity contribution in [2.45, 2.75) is 39.2 Å². The molecule has 1 aliphatic rings. The number of benzene rings is 1. The van der Waals surface area contributed by atoms with Crippen molar-refractivity contribution >= 4 is 23.5 Å². The van der Waals surface area contributed by atoms with E-state index in [1.54, 1.807) is 31.1 Å². The molecule has 0 spiro atoms. The smallest absolute Gasteiger partial charge is 0.409 e. The molecule has 1 heterocycles. The Labute approximate surface area is 165 Å². The second kappa shape index (κ2) is 9.54. The molecule has 0 bridgehead atoms. The van der Waals surface area contributed by atoms with Gasteiger partial charge in [0.15, 0.2) is 0 Å². The Hall–Kier alpha value is -2.61. The van der Waals surface area contributed by atoms with Crippen LogP contribution in [0.25, 0.3) is 0 Å². The fraction of sp³-hybridized carbons (Fsp3) is 0.550. The van der Waals surface area contributed by atoms with Crippen molar-refractivity contribution in [2.75, 3.05) is 38.7 Å². The molecule has 0 saturated carbocycles. The van der Waals surface area contributed by atoms with E-state index in [1.807, 2.05) is 13.0 Å². The highest BCUT2D eigenvalue weighted by Gasteiger charge is 2.42. The Bertz CT molecular complexity index is 727. The molecule has 1 aromatic carbocycles. The van der Waals surface area contributed by atoms with Gasteiger partial charge in [0.2, 0.25) is 5.91 Å². The number of hydrogen-bond acceptors (Lipinski definition) is 6. The van der Waals surface area contributed by atoms with E-state index in [1.165, 1.54) is 6.92 Å². The number of Topliss-reactive ketones (excluding diaryl/α,β-unsaturated/α-hetero) is 1. The predicted molar refractivity (Wildman–Crippen MR) is 106 cm³/mol. The van der Waals surface area contributed by atoms with Crippen LogP contribution in [0.1, 0.15) is 32.3 Å². The number of ketones is 1. The Balaban J connectivity index is 2.15. The van der Waals surface area contributed by atoms with Crippen LogP contribution in [0.15, 0.2) is 18.2 Å². The Morgan fingerprint density at radius 2 is 1.89 bits per heavy atom. The number of aryl methyl sites for hydroxylation is 1. The van der Waals surface area contributed by atoms with Gasteiger partial charge in [-0.1, -0.05) is 0 Å². The van der Waals surface area contributed by atoms with Crippen molar-refractivity contribution in [1.82, 2.24) is 10.2 Å². The molecule has 28 heavy (non-hydrogen) atoms. The molecule has 0 aromatic heterocycles. The zero-order valence-electron chi connectivity index (χ0n) is 17.0. The quantitative estimate of drug-likeness (QED) is 0.739. The average Bonchev–Trinajstić information content (AvgIpc) is 2.68. The van der Waals surface area contributed by atoms with E-state index in [2.05, 4.69) is 10.6 Å². The summed E-state index contributed by atoms with van der Waals surface area (Å²) >= 11 is 0. The number of likely N-dealkylation sites (tertiary alicyclic amines) is 1. The monoisotopic (exact) mass is 391 g/mol. The molecule has 1 saturated heterocycles. The third kappa shape index (κ3) is 5.22. The minimum atomic E-state index is -0.930. The summed E-state index contributed by atoms with van der Waals surface area (Å²) < 4.78 is 10.2. The van der Waals surface area contributed by atoms with Crippen molar-refractivity contribution in [1.29, 1.82) is 0 Å². The SMILES string of the molecule is CCOC(=O)N1CCC(NCC(C)=O)(C(=O)Nc2ccc(OC)cc2C)CC1. The molecule has 154 valence electrons. The minimum Gasteiger partial charge on any atom is -0.497 e. The van der Waals surface area contributed by atoms with Gasteiger partial charge in [-0.05, 0) is 57.4 Å². The maximum Gasteiger partial charge on any atom is 0.409 e. The summed E-state index contributed by atoms with van der Waals surface area (Å²) in [6.07, 6.45) is 0.398. The van der Waals surface area contributed by atoms with Gasteiger partial charge in [-0.3, -0.25) is 14.9 Å². The zero-order valence-corrected chi connectivity index (χ0v) is 17.0. The molecule has 0 aliphatic carbocycles. The first-order valence-corrected chi connectivity index (χ1v) is 9.43. The normalized spacial score (nSPS) is 15.6. The van der Waals surface area contributed by atoms with Crippen molar-refractivity contribution in [3.63, 3.8) is 0 Å². The van der Waals surface area contributed by atoms with Crippen molar-refractivity contribution in [2.24, 2.45) is 0 Å². The van der Waals surface area contributed by atoms with E-state index in [9.17, 15) is 14.4 Å². The molecule has 1 fully saturated rings. The third-order valence-corrected chi connectivity index (χ3v) is 4.94. The number of piperidine rings is 1. The highest BCUT2D eigenvalue weighted by atomic mass is 16.6. The van der Waals surface area contributed by atoms with Crippen LogP contribution >= 0.6 is 0 Å². The van der Waals surface area contributed by atoms with E-state index in [-0.39, 0.29) is 24.3 Å². The van der Waals surface area contributed by atoms with Gasteiger partial charge >= 0.3 is 6.09 Å². The van der Waals surface area contributed by atoms with Gasteiger partial charge in [0, 0.05) is 18.8 Å². The van der Waals surface area contributed by atoms with Gasteiger partial charge < -0.3 is 19.7 Å². The number of nitrogens with one attached hydrogen (secondary N) is 2. The Kier molecular flexibility index (Phi) is 7.39. The van der Waals surface area contributed by atoms with Crippen LogP contribution in [0.3, 0.4) is 0 Å². The van der Waals surface area contributed by atoms with Gasteiger partial charge in [-0.25, -0.2) is 4.79 Å². The first-order chi connectivity index (χ1) is 13.3. The zero-order chi connectivity index (χ0) is 20.7. The lowest BCUT2D eigenvalue weighted by atomic mass is 9.86. The third-order valence-electron chi connectivity index (χ3n) is 4.94. The summed E-state index contributed by atoms with van der Waals surface area (Å²) in [6.45, 7) is 6.26. The lowest BCUT2D eigenvalue weighted by Crippen LogP contribution is -2.61. The van der Waals surface area contributed by atoms with Gasteiger partial charge in [-0.2, -0.15) is 0 Å². The van der Waals surface area contributed by atoms with Crippen LogP contribution in [0.5, 0.6) is 5.75 Å². The molecule has 0 radical (unpaired) electrons. The predicted octanol–water partition coefficient (Wildman–Crippen LogP) is 2.11. The minimum absolute atomic E-state index is 0.0550. The summed E-state index contributed by atoms with van der Waals surface area (Å²) in [5.74, 6) is 0.439. The molecule has 2 N–H and O–H groups in total. The van der Waals surface area contributed by atoms with E-state index >= 15 is 0 Å². The number of carbonyl (C=O) groups excluding carboxylic acids is 3. The second-order valence-electron chi connectivity index (χ2n) is 6.96. The fourth-order valence-electron chi connectivity index (χ4n) is 3.21. The highest BCUT2D eigenvalue weighted by molar-refractivity contribution is 5.99.